The summed E-state index contributed by atoms with van der Waals surface area (Å²) in [7, 11) is 0. The van der Waals surface area contributed by atoms with E-state index in [2.05, 4.69) is 4.90 Å². The Morgan fingerprint density at radius 1 is 1.22 bits per heavy atom. The average Bonchev–Trinajstić information content (AvgIpc) is 2.39. The van der Waals surface area contributed by atoms with Crippen LogP contribution < -0.4 is 4.90 Å². The molecule has 0 saturated carbocycles. The maximum Gasteiger partial charge on any atom is 0.123 e. The molecular formula is C15H22FNO. The Morgan fingerprint density at radius 3 is 2.50 bits per heavy atom. The highest BCUT2D eigenvalue weighted by Gasteiger charge is 2.26. The van der Waals surface area contributed by atoms with Gasteiger partial charge in [-0.2, -0.15) is 0 Å². The van der Waals surface area contributed by atoms with Gasteiger partial charge < -0.3 is 10.0 Å². The lowest BCUT2D eigenvalue weighted by atomic mass is 9.83. The summed E-state index contributed by atoms with van der Waals surface area (Å²) in [6.07, 6.45) is 3.66. The van der Waals surface area contributed by atoms with E-state index in [1.807, 2.05) is 19.9 Å². The molecule has 100 valence electrons. The summed E-state index contributed by atoms with van der Waals surface area (Å²) >= 11 is 0. The molecule has 1 fully saturated rings. The van der Waals surface area contributed by atoms with E-state index in [1.54, 1.807) is 6.07 Å². The van der Waals surface area contributed by atoms with E-state index >= 15 is 0 Å². The highest BCUT2D eigenvalue weighted by Crippen LogP contribution is 2.34. The number of anilines is 1. The van der Waals surface area contributed by atoms with Gasteiger partial charge in [0.25, 0.3) is 0 Å². The molecular weight excluding hydrogens is 229 g/mol. The molecule has 1 aliphatic heterocycles. The fourth-order valence-corrected chi connectivity index (χ4v) is 2.55. The molecule has 2 rings (SSSR count). The van der Waals surface area contributed by atoms with Crippen LogP contribution in [-0.2, 0) is 5.41 Å². The Morgan fingerprint density at radius 2 is 1.89 bits per heavy atom. The lowest BCUT2D eigenvalue weighted by molar-refractivity contribution is 0.218. The molecule has 18 heavy (non-hydrogen) atoms. The summed E-state index contributed by atoms with van der Waals surface area (Å²) in [4.78, 5) is 2.32. The molecule has 0 atom stereocenters. The molecule has 1 aromatic rings. The first-order chi connectivity index (χ1) is 8.54. The highest BCUT2D eigenvalue weighted by atomic mass is 19.1. The first kappa shape index (κ1) is 13.3. The van der Waals surface area contributed by atoms with Gasteiger partial charge in [-0.05, 0) is 43.0 Å². The second-order valence-corrected chi connectivity index (χ2v) is 5.75. The fraction of sp³-hybridized carbons (Fsp3) is 0.600. The van der Waals surface area contributed by atoms with Crippen LogP contribution in [0.3, 0.4) is 0 Å². The van der Waals surface area contributed by atoms with Crippen molar-refractivity contribution < 1.29 is 9.50 Å². The van der Waals surface area contributed by atoms with Crippen LogP contribution in [0.15, 0.2) is 18.2 Å². The van der Waals surface area contributed by atoms with Gasteiger partial charge in [0.2, 0.25) is 0 Å². The third kappa shape index (κ3) is 2.66. The first-order valence-corrected chi connectivity index (χ1v) is 6.70. The summed E-state index contributed by atoms with van der Waals surface area (Å²) in [5.41, 5.74) is 1.58. The lowest BCUT2D eigenvalue weighted by Crippen LogP contribution is -2.33. The van der Waals surface area contributed by atoms with Gasteiger partial charge in [0.15, 0.2) is 0 Å². The summed E-state index contributed by atoms with van der Waals surface area (Å²) in [6, 6.07) is 4.94. The van der Waals surface area contributed by atoms with Crippen molar-refractivity contribution in [2.75, 3.05) is 24.6 Å². The second kappa shape index (κ2) is 5.27. The maximum absolute atomic E-state index is 13.5. The van der Waals surface area contributed by atoms with E-state index in [-0.39, 0.29) is 12.4 Å². The average molecular weight is 251 g/mol. The number of nitrogens with zero attached hydrogens (tertiary/aromatic N) is 1. The molecule has 0 bridgehead atoms. The van der Waals surface area contributed by atoms with Crippen LogP contribution >= 0.6 is 0 Å². The summed E-state index contributed by atoms with van der Waals surface area (Å²) < 4.78 is 13.5. The zero-order chi connectivity index (χ0) is 13.2. The van der Waals surface area contributed by atoms with Crippen molar-refractivity contribution in [1.82, 2.24) is 0 Å². The molecule has 0 radical (unpaired) electrons. The zero-order valence-electron chi connectivity index (χ0n) is 11.2. The number of aliphatic hydroxyl groups excluding tert-OH is 1. The first-order valence-electron chi connectivity index (χ1n) is 6.70. The van der Waals surface area contributed by atoms with E-state index in [1.165, 1.54) is 25.3 Å². The molecule has 1 heterocycles. The van der Waals surface area contributed by atoms with Gasteiger partial charge in [-0.15, -0.1) is 0 Å². The van der Waals surface area contributed by atoms with Crippen molar-refractivity contribution in [3.8, 4) is 0 Å². The van der Waals surface area contributed by atoms with Crippen LogP contribution in [0.4, 0.5) is 10.1 Å². The number of piperidine rings is 1. The Hall–Kier alpha value is -1.09. The molecule has 1 saturated heterocycles. The van der Waals surface area contributed by atoms with Crippen molar-refractivity contribution in [3.05, 3.63) is 29.6 Å². The van der Waals surface area contributed by atoms with E-state index < -0.39 is 5.41 Å². The van der Waals surface area contributed by atoms with Crippen LogP contribution in [0.25, 0.3) is 0 Å². The number of halogens is 1. The summed E-state index contributed by atoms with van der Waals surface area (Å²) in [5.74, 6) is -0.229. The van der Waals surface area contributed by atoms with Crippen molar-refractivity contribution in [1.29, 1.82) is 0 Å². The van der Waals surface area contributed by atoms with Crippen LogP contribution in [0.5, 0.6) is 0 Å². The monoisotopic (exact) mass is 251 g/mol. The van der Waals surface area contributed by atoms with Gasteiger partial charge in [0, 0.05) is 24.2 Å². The van der Waals surface area contributed by atoms with Crippen LogP contribution in [0.1, 0.15) is 38.7 Å². The number of aliphatic hydroxyl groups is 1. The fourth-order valence-electron chi connectivity index (χ4n) is 2.55. The van der Waals surface area contributed by atoms with Gasteiger partial charge >= 0.3 is 0 Å². The minimum absolute atomic E-state index is 0.0251. The van der Waals surface area contributed by atoms with E-state index in [9.17, 15) is 9.50 Å². The number of benzene rings is 1. The molecule has 1 N–H and O–H groups in total. The molecule has 0 unspecified atom stereocenters. The van der Waals surface area contributed by atoms with Crippen LogP contribution in [0.2, 0.25) is 0 Å². The summed E-state index contributed by atoms with van der Waals surface area (Å²) in [6.45, 7) is 5.99. The van der Waals surface area contributed by atoms with Crippen molar-refractivity contribution in [2.24, 2.45) is 0 Å². The SMILES string of the molecule is CC(C)(CO)c1cc(F)ccc1N1CCCCC1. The smallest absolute Gasteiger partial charge is 0.123 e. The van der Waals surface area contributed by atoms with E-state index in [4.69, 9.17) is 0 Å². The third-order valence-electron chi connectivity index (χ3n) is 3.78. The van der Waals surface area contributed by atoms with Gasteiger partial charge in [-0.25, -0.2) is 4.39 Å². The topological polar surface area (TPSA) is 23.5 Å². The highest BCUT2D eigenvalue weighted by molar-refractivity contribution is 5.57. The van der Waals surface area contributed by atoms with Crippen molar-refractivity contribution >= 4 is 5.69 Å². The third-order valence-corrected chi connectivity index (χ3v) is 3.78. The van der Waals surface area contributed by atoms with Gasteiger partial charge in [-0.3, -0.25) is 0 Å². The Labute approximate surface area is 108 Å². The molecule has 0 aromatic heterocycles. The van der Waals surface area contributed by atoms with Gasteiger partial charge in [0.1, 0.15) is 5.82 Å². The van der Waals surface area contributed by atoms with Gasteiger partial charge in [-0.1, -0.05) is 13.8 Å². The second-order valence-electron chi connectivity index (χ2n) is 5.75. The molecule has 2 nitrogen and oxygen atoms in total. The Kier molecular flexibility index (Phi) is 3.91. The Balaban J connectivity index is 2.39. The normalized spacial score (nSPS) is 17.0. The lowest BCUT2D eigenvalue weighted by Gasteiger charge is -2.34. The largest absolute Gasteiger partial charge is 0.395 e. The minimum Gasteiger partial charge on any atom is -0.395 e. The number of hydrogen-bond acceptors (Lipinski definition) is 2. The summed E-state index contributed by atoms with van der Waals surface area (Å²) in [5, 5.41) is 9.52. The Bertz CT molecular complexity index is 411. The minimum atomic E-state index is -0.408. The predicted octanol–water partition coefficient (Wildman–Crippen LogP) is 3.09. The molecule has 0 aliphatic carbocycles. The molecule has 1 aromatic carbocycles. The standard InChI is InChI=1S/C15H22FNO/c1-15(2,11-18)13-10-12(16)6-7-14(13)17-8-4-3-5-9-17/h6-7,10,18H,3-5,8-9,11H2,1-2H3. The molecule has 0 spiro atoms. The van der Waals surface area contributed by atoms with Crippen LogP contribution in [0, 0.1) is 5.82 Å². The molecule has 3 heteroatoms. The number of hydrogen-bond donors (Lipinski definition) is 1. The van der Waals surface area contributed by atoms with E-state index in [0.717, 1.165) is 24.3 Å². The van der Waals surface area contributed by atoms with Crippen molar-refractivity contribution in [2.45, 2.75) is 38.5 Å². The zero-order valence-corrected chi connectivity index (χ0v) is 11.2. The molecule has 0 amide bonds. The van der Waals surface area contributed by atoms with Crippen molar-refractivity contribution in [3.63, 3.8) is 0 Å². The van der Waals surface area contributed by atoms with Crippen LogP contribution in [-0.4, -0.2) is 24.8 Å². The predicted molar refractivity (Wildman–Crippen MR) is 72.6 cm³/mol. The van der Waals surface area contributed by atoms with Gasteiger partial charge in [0.05, 0.1) is 6.61 Å². The number of rotatable bonds is 3. The maximum atomic E-state index is 13.5. The quantitative estimate of drug-likeness (QED) is 0.892. The molecule has 1 aliphatic rings. The van der Waals surface area contributed by atoms with E-state index in [0.29, 0.717) is 0 Å².